The molecule has 264 valence electrons. The average molecular weight is 743 g/mol. The van der Waals surface area contributed by atoms with Crippen molar-refractivity contribution in [1.29, 1.82) is 0 Å². The van der Waals surface area contributed by atoms with E-state index in [0.29, 0.717) is 23.1 Å². The summed E-state index contributed by atoms with van der Waals surface area (Å²) in [5.74, 6) is -1.20. The lowest BCUT2D eigenvalue weighted by Gasteiger charge is -2.34. The zero-order valence-electron chi connectivity index (χ0n) is 26.7. The van der Waals surface area contributed by atoms with Gasteiger partial charge in [0.05, 0.1) is 11.5 Å². The molecule has 0 radical (unpaired) electrons. The zero-order valence-corrected chi connectivity index (χ0v) is 29.0. The maximum absolute atomic E-state index is 14.0. The van der Waals surface area contributed by atoms with Gasteiger partial charge in [0.1, 0.15) is 22.2 Å². The minimum absolute atomic E-state index is 0.00225. The molecule has 2 aliphatic rings. The van der Waals surface area contributed by atoms with Gasteiger partial charge >= 0.3 is 12.6 Å². The summed E-state index contributed by atoms with van der Waals surface area (Å²) in [5, 5.41) is 11.9. The predicted octanol–water partition coefficient (Wildman–Crippen LogP) is 5.79. The number of ether oxygens (including phenoxy) is 3. The van der Waals surface area contributed by atoms with E-state index in [9.17, 15) is 32.0 Å². The standard InChI is InChI=1S/C33H35Cl2F2N3O8S/c1-38(2)31(41)22-6-5-7-23(14-22)49(44,45)40-13-4-3-8-27(40)32(42)47-29(16-24-25(34)17-39(43)18-26(24)35)21-11-12-28(48-33(36)37)30(15-21)46-19-20-9-10-20/h5-7,11-12,14-15,17-18,20,27,29,33H,3-4,8-10,13,16,19H2,1-2H3/t27-,29-/m0/s1. The van der Waals surface area contributed by atoms with Gasteiger partial charge in [0.25, 0.3) is 5.91 Å². The highest BCUT2D eigenvalue weighted by atomic mass is 35.5. The molecule has 0 unspecified atom stereocenters. The number of hydrogen-bond donors (Lipinski definition) is 0. The van der Waals surface area contributed by atoms with Crippen LogP contribution in [0.2, 0.25) is 10.0 Å². The van der Waals surface area contributed by atoms with Crippen molar-refractivity contribution in [2.45, 2.75) is 62.2 Å². The Labute approximate surface area is 292 Å². The molecule has 0 bridgehead atoms. The van der Waals surface area contributed by atoms with Crippen molar-refractivity contribution in [3.8, 4) is 11.5 Å². The number of amides is 1. The van der Waals surface area contributed by atoms with Crippen molar-refractivity contribution >= 4 is 45.1 Å². The SMILES string of the molecule is CN(C)C(=O)c1cccc(S(=O)(=O)N2CCCC[C@H]2C(=O)O[C@@H](Cc2c(Cl)c[n+]([O-])cc2Cl)c2ccc(OC(F)F)c(OCC3CC3)c2)c1. The van der Waals surface area contributed by atoms with Gasteiger partial charge in [-0.1, -0.05) is 35.3 Å². The summed E-state index contributed by atoms with van der Waals surface area (Å²) in [6, 6.07) is 8.46. The number of hydrogen-bond acceptors (Lipinski definition) is 8. The van der Waals surface area contributed by atoms with Crippen LogP contribution >= 0.6 is 23.2 Å². The summed E-state index contributed by atoms with van der Waals surface area (Å²) in [6.45, 7) is -2.83. The van der Waals surface area contributed by atoms with Crippen molar-refractivity contribution in [2.75, 3.05) is 27.2 Å². The number of rotatable bonds is 13. The van der Waals surface area contributed by atoms with E-state index in [1.54, 1.807) is 14.1 Å². The van der Waals surface area contributed by atoms with Crippen LogP contribution in [0.5, 0.6) is 11.5 Å². The summed E-state index contributed by atoms with van der Waals surface area (Å²) in [5.41, 5.74) is 0.723. The second-order valence-electron chi connectivity index (χ2n) is 12.1. The quantitative estimate of drug-likeness (QED) is 0.122. The Morgan fingerprint density at radius 2 is 1.76 bits per heavy atom. The van der Waals surface area contributed by atoms with Gasteiger partial charge < -0.3 is 24.3 Å². The fraction of sp³-hybridized carbons (Fsp3) is 0.424. The summed E-state index contributed by atoms with van der Waals surface area (Å²) in [4.78, 5) is 27.7. The fourth-order valence-electron chi connectivity index (χ4n) is 5.49. The Bertz CT molecular complexity index is 1790. The normalized spacial score (nSPS) is 17.4. The lowest BCUT2D eigenvalue weighted by atomic mass is 10.0. The van der Waals surface area contributed by atoms with Crippen LogP contribution in [-0.2, 0) is 26.0 Å². The Morgan fingerprint density at radius 1 is 1.04 bits per heavy atom. The Hall–Kier alpha value is -3.72. The van der Waals surface area contributed by atoms with Gasteiger partial charge in [-0.25, -0.2) is 8.42 Å². The number of aromatic nitrogens is 1. The van der Waals surface area contributed by atoms with Gasteiger partial charge in [-0.3, -0.25) is 9.59 Å². The molecule has 2 heterocycles. The minimum Gasteiger partial charge on any atom is -0.619 e. The molecule has 11 nitrogen and oxygen atoms in total. The maximum atomic E-state index is 14.0. The van der Waals surface area contributed by atoms with Crippen LogP contribution in [0.1, 0.15) is 59.7 Å². The number of halogens is 4. The van der Waals surface area contributed by atoms with Gasteiger partial charge in [0.2, 0.25) is 10.0 Å². The molecule has 2 fully saturated rings. The van der Waals surface area contributed by atoms with E-state index in [4.69, 9.17) is 32.7 Å². The van der Waals surface area contributed by atoms with Crippen LogP contribution in [0.3, 0.4) is 0 Å². The van der Waals surface area contributed by atoms with Crippen LogP contribution in [0.4, 0.5) is 8.78 Å². The topological polar surface area (TPSA) is 129 Å². The van der Waals surface area contributed by atoms with Crippen LogP contribution in [0.25, 0.3) is 0 Å². The molecule has 49 heavy (non-hydrogen) atoms. The van der Waals surface area contributed by atoms with Crippen LogP contribution in [0, 0.1) is 11.1 Å². The van der Waals surface area contributed by atoms with E-state index >= 15 is 0 Å². The number of nitrogens with zero attached hydrogens (tertiary/aromatic N) is 3. The summed E-state index contributed by atoms with van der Waals surface area (Å²) < 4.78 is 72.4. The predicted molar refractivity (Wildman–Crippen MR) is 175 cm³/mol. The monoisotopic (exact) mass is 741 g/mol. The van der Waals surface area contributed by atoms with Crippen LogP contribution < -0.4 is 14.2 Å². The van der Waals surface area contributed by atoms with Crippen molar-refractivity contribution in [1.82, 2.24) is 9.21 Å². The van der Waals surface area contributed by atoms with E-state index in [0.717, 1.165) is 29.5 Å². The van der Waals surface area contributed by atoms with Crippen LogP contribution in [0.15, 0.2) is 59.8 Å². The Kier molecular flexibility index (Phi) is 11.5. The van der Waals surface area contributed by atoms with E-state index < -0.39 is 34.7 Å². The Balaban J connectivity index is 1.49. The number of carbonyl (C=O) groups is 2. The molecule has 16 heteroatoms. The van der Waals surface area contributed by atoms with Gasteiger partial charge in [0.15, 0.2) is 23.9 Å². The first-order valence-corrected chi connectivity index (χ1v) is 17.8. The van der Waals surface area contributed by atoms with E-state index in [2.05, 4.69) is 4.74 Å². The molecular formula is C33H35Cl2F2N3O8S. The minimum atomic E-state index is -4.27. The fourth-order valence-corrected chi connectivity index (χ4v) is 7.78. The first-order chi connectivity index (χ1) is 23.2. The number of pyridine rings is 1. The molecule has 0 spiro atoms. The number of alkyl halides is 2. The molecule has 2 aromatic carbocycles. The van der Waals surface area contributed by atoms with E-state index in [1.165, 1.54) is 47.4 Å². The van der Waals surface area contributed by atoms with E-state index in [-0.39, 0.29) is 75.4 Å². The molecule has 5 rings (SSSR count). The highest BCUT2D eigenvalue weighted by molar-refractivity contribution is 7.89. The van der Waals surface area contributed by atoms with Crippen molar-refractivity contribution in [3.05, 3.63) is 86.8 Å². The first kappa shape index (κ1) is 36.6. The number of piperidine rings is 1. The second-order valence-corrected chi connectivity index (χ2v) is 14.8. The average Bonchev–Trinajstić information content (AvgIpc) is 3.89. The smallest absolute Gasteiger partial charge is 0.387 e. The maximum Gasteiger partial charge on any atom is 0.387 e. The molecule has 1 aliphatic carbocycles. The van der Waals surface area contributed by atoms with Gasteiger partial charge in [-0.05, 0) is 73.9 Å². The summed E-state index contributed by atoms with van der Waals surface area (Å²) >= 11 is 12.7. The first-order valence-electron chi connectivity index (χ1n) is 15.6. The molecule has 1 aliphatic heterocycles. The third kappa shape index (κ3) is 8.91. The summed E-state index contributed by atoms with van der Waals surface area (Å²) in [7, 11) is -1.18. The molecule has 1 amide bonds. The third-order valence-corrected chi connectivity index (χ3v) is 10.8. The largest absolute Gasteiger partial charge is 0.619 e. The lowest BCUT2D eigenvalue weighted by Crippen LogP contribution is -2.48. The molecule has 3 aromatic rings. The highest BCUT2D eigenvalue weighted by Gasteiger charge is 2.40. The van der Waals surface area contributed by atoms with Gasteiger partial charge in [0, 0.05) is 38.2 Å². The summed E-state index contributed by atoms with van der Waals surface area (Å²) in [6.07, 6.45) is 3.87. The van der Waals surface area contributed by atoms with Crippen molar-refractivity contribution < 1.29 is 45.7 Å². The Morgan fingerprint density at radius 3 is 2.41 bits per heavy atom. The number of sulfonamides is 1. The van der Waals surface area contributed by atoms with Crippen LogP contribution in [-0.4, -0.2) is 69.4 Å². The molecule has 1 saturated carbocycles. The number of esters is 1. The number of benzene rings is 2. The second kappa shape index (κ2) is 15.4. The molecular weight excluding hydrogens is 707 g/mol. The molecule has 1 aromatic heterocycles. The van der Waals surface area contributed by atoms with Crippen molar-refractivity contribution in [2.24, 2.45) is 5.92 Å². The van der Waals surface area contributed by atoms with E-state index in [1.807, 2.05) is 0 Å². The lowest BCUT2D eigenvalue weighted by molar-refractivity contribution is -0.605. The number of carbonyl (C=O) groups excluding carboxylic acids is 2. The van der Waals surface area contributed by atoms with Gasteiger partial charge in [-0.2, -0.15) is 17.8 Å². The third-order valence-electron chi connectivity index (χ3n) is 8.25. The van der Waals surface area contributed by atoms with Crippen molar-refractivity contribution in [3.63, 3.8) is 0 Å². The highest BCUT2D eigenvalue weighted by Crippen LogP contribution is 2.38. The molecule has 1 saturated heterocycles. The molecule has 0 N–H and O–H groups in total. The zero-order chi connectivity index (χ0) is 35.5. The molecule has 2 atom stereocenters. The van der Waals surface area contributed by atoms with Gasteiger partial charge in [-0.15, -0.1) is 0 Å².